The number of carbonyl (C=O) groups is 2. The summed E-state index contributed by atoms with van der Waals surface area (Å²) < 4.78 is 6.73. The van der Waals surface area contributed by atoms with Crippen LogP contribution in [0.5, 0.6) is 0 Å². The lowest BCUT2D eigenvalue weighted by molar-refractivity contribution is -0.137. The number of hydrogen-bond acceptors (Lipinski definition) is 5. The van der Waals surface area contributed by atoms with Gasteiger partial charge in [0, 0.05) is 6.42 Å². The fourth-order valence-electron chi connectivity index (χ4n) is 2.07. The first-order valence-electron chi connectivity index (χ1n) is 7.04. The molecule has 0 aliphatic heterocycles. The second kappa shape index (κ2) is 6.88. The molecule has 0 aliphatic rings. The van der Waals surface area contributed by atoms with E-state index in [0.717, 1.165) is 24.2 Å². The Kier molecular flexibility index (Phi) is 4.92. The molecule has 2 aromatic heterocycles. The summed E-state index contributed by atoms with van der Waals surface area (Å²) in [6, 6.07) is 1.75. The summed E-state index contributed by atoms with van der Waals surface area (Å²) in [5.74, 6) is -0.246. The van der Waals surface area contributed by atoms with E-state index in [9.17, 15) is 9.59 Å². The Labute approximate surface area is 127 Å². The minimum absolute atomic E-state index is 0.155. The number of aromatic nitrogens is 3. The molecule has 0 spiro atoms. The first kappa shape index (κ1) is 15.7. The molecule has 118 valence electrons. The quantitative estimate of drug-likeness (QED) is 0.790. The fraction of sp³-hybridized carbons (Fsp3) is 0.429. The van der Waals surface area contributed by atoms with Gasteiger partial charge in [-0.05, 0) is 18.1 Å². The van der Waals surface area contributed by atoms with E-state index in [1.54, 1.807) is 6.07 Å². The van der Waals surface area contributed by atoms with Gasteiger partial charge in [0.1, 0.15) is 18.0 Å². The van der Waals surface area contributed by atoms with Gasteiger partial charge in [-0.3, -0.25) is 9.59 Å². The molecular formula is C14H18N4O4. The van der Waals surface area contributed by atoms with E-state index in [-0.39, 0.29) is 24.8 Å². The molecule has 0 unspecified atom stereocenters. The van der Waals surface area contributed by atoms with Crippen molar-refractivity contribution in [3.8, 4) is 0 Å². The number of furan rings is 1. The third-order valence-electron chi connectivity index (χ3n) is 3.14. The average Bonchev–Trinajstić information content (AvgIpc) is 3.10. The van der Waals surface area contributed by atoms with Crippen molar-refractivity contribution in [3.63, 3.8) is 0 Å². The molecule has 0 aromatic carbocycles. The van der Waals surface area contributed by atoms with E-state index in [0.29, 0.717) is 5.69 Å². The largest absolute Gasteiger partial charge is 0.480 e. The molecule has 2 heterocycles. The van der Waals surface area contributed by atoms with E-state index in [4.69, 9.17) is 9.52 Å². The van der Waals surface area contributed by atoms with E-state index >= 15 is 0 Å². The van der Waals surface area contributed by atoms with Gasteiger partial charge < -0.3 is 14.8 Å². The van der Waals surface area contributed by atoms with Crippen molar-refractivity contribution in [1.82, 2.24) is 20.3 Å². The predicted octanol–water partition coefficient (Wildman–Crippen LogP) is 1.01. The minimum Gasteiger partial charge on any atom is -0.480 e. The molecule has 1 amide bonds. The van der Waals surface area contributed by atoms with Crippen LogP contribution in [0.1, 0.15) is 41.4 Å². The van der Waals surface area contributed by atoms with Crippen molar-refractivity contribution in [3.05, 3.63) is 35.0 Å². The summed E-state index contributed by atoms with van der Waals surface area (Å²) >= 11 is 0. The molecule has 8 heteroatoms. The Hall–Kier alpha value is -2.64. The van der Waals surface area contributed by atoms with Crippen LogP contribution in [0.3, 0.4) is 0 Å². The zero-order valence-electron chi connectivity index (χ0n) is 12.5. The van der Waals surface area contributed by atoms with Gasteiger partial charge in [0.15, 0.2) is 5.76 Å². The zero-order valence-corrected chi connectivity index (χ0v) is 12.5. The van der Waals surface area contributed by atoms with Crippen LogP contribution >= 0.6 is 0 Å². The Morgan fingerprint density at radius 3 is 2.73 bits per heavy atom. The molecule has 22 heavy (non-hydrogen) atoms. The molecule has 0 bridgehead atoms. The van der Waals surface area contributed by atoms with E-state index < -0.39 is 5.97 Å². The highest BCUT2D eigenvalue weighted by molar-refractivity contribution is 5.91. The summed E-state index contributed by atoms with van der Waals surface area (Å²) in [4.78, 5) is 22.6. The van der Waals surface area contributed by atoms with Crippen LogP contribution in [-0.2, 0) is 30.7 Å². The maximum absolute atomic E-state index is 12.0. The Bertz CT molecular complexity index is 653. The van der Waals surface area contributed by atoms with Crippen LogP contribution in [-0.4, -0.2) is 32.0 Å². The number of carboxylic acids is 1. The van der Waals surface area contributed by atoms with E-state index in [2.05, 4.69) is 15.6 Å². The van der Waals surface area contributed by atoms with Crippen LogP contribution in [0.2, 0.25) is 0 Å². The summed E-state index contributed by atoms with van der Waals surface area (Å²) in [7, 11) is 0. The number of carbonyl (C=O) groups excluding carboxylic acids is 1. The lowest BCUT2D eigenvalue weighted by Crippen LogP contribution is -2.22. The first-order valence-corrected chi connectivity index (χ1v) is 7.04. The average molecular weight is 306 g/mol. The smallest absolute Gasteiger partial charge is 0.325 e. The maximum atomic E-state index is 12.0. The molecule has 8 nitrogen and oxygen atoms in total. The Morgan fingerprint density at radius 2 is 2.14 bits per heavy atom. The topological polar surface area (TPSA) is 110 Å². The fourth-order valence-corrected chi connectivity index (χ4v) is 2.07. The summed E-state index contributed by atoms with van der Waals surface area (Å²) in [6.07, 6.45) is 3.02. The van der Waals surface area contributed by atoms with Crippen LogP contribution in [0.25, 0.3) is 0 Å². The molecule has 0 saturated heterocycles. The highest BCUT2D eigenvalue weighted by atomic mass is 16.4. The minimum atomic E-state index is -1.00. The van der Waals surface area contributed by atoms with Gasteiger partial charge in [0.25, 0.3) is 5.91 Å². The van der Waals surface area contributed by atoms with Crippen LogP contribution in [0, 0.1) is 0 Å². The Balaban J connectivity index is 1.96. The third-order valence-corrected chi connectivity index (χ3v) is 3.14. The highest BCUT2D eigenvalue weighted by Crippen LogP contribution is 2.17. The summed E-state index contributed by atoms with van der Waals surface area (Å²) in [5.41, 5.74) is 1.51. The summed E-state index contributed by atoms with van der Waals surface area (Å²) in [6.45, 7) is 3.87. The van der Waals surface area contributed by atoms with Gasteiger partial charge in [0.05, 0.1) is 12.7 Å². The predicted molar refractivity (Wildman–Crippen MR) is 76.3 cm³/mol. The van der Waals surface area contributed by atoms with Crippen molar-refractivity contribution < 1.29 is 19.1 Å². The number of hydrogen-bond donors (Lipinski definition) is 2. The second-order valence-corrected chi connectivity index (χ2v) is 4.75. The normalized spacial score (nSPS) is 10.6. The van der Waals surface area contributed by atoms with Gasteiger partial charge in [-0.2, -0.15) is 0 Å². The first-order chi connectivity index (χ1) is 10.5. The standard InChI is InChI=1S/C14H18N4O4/c1-3-9-5-12(22-11(9)4-2)14(21)15-6-10-7-18(17-16-10)8-13(19)20/h5,7H,3-4,6,8H2,1-2H3,(H,15,21)(H,19,20). The monoisotopic (exact) mass is 306 g/mol. The van der Waals surface area contributed by atoms with Crippen molar-refractivity contribution in [1.29, 1.82) is 0 Å². The molecule has 0 radical (unpaired) electrons. The van der Waals surface area contributed by atoms with Crippen molar-refractivity contribution in [2.45, 2.75) is 39.8 Å². The highest BCUT2D eigenvalue weighted by Gasteiger charge is 2.15. The molecule has 0 aliphatic carbocycles. The number of nitrogens with one attached hydrogen (secondary N) is 1. The molecule has 0 fully saturated rings. The van der Waals surface area contributed by atoms with Crippen LogP contribution in [0.4, 0.5) is 0 Å². The van der Waals surface area contributed by atoms with Crippen molar-refractivity contribution in [2.75, 3.05) is 0 Å². The Morgan fingerprint density at radius 1 is 1.36 bits per heavy atom. The summed E-state index contributed by atoms with van der Waals surface area (Å²) in [5, 5.41) is 18.8. The van der Waals surface area contributed by atoms with E-state index in [1.807, 2.05) is 13.8 Å². The number of nitrogens with zero attached hydrogens (tertiary/aromatic N) is 3. The molecule has 2 aromatic rings. The molecular weight excluding hydrogens is 288 g/mol. The second-order valence-electron chi connectivity index (χ2n) is 4.75. The van der Waals surface area contributed by atoms with E-state index in [1.165, 1.54) is 10.9 Å². The number of carboxylic acid groups (broad SMARTS) is 1. The molecule has 2 N–H and O–H groups in total. The number of aryl methyl sites for hydroxylation is 2. The molecule has 2 rings (SSSR count). The lowest BCUT2D eigenvalue weighted by Gasteiger charge is -1.99. The van der Waals surface area contributed by atoms with Gasteiger partial charge in [0.2, 0.25) is 0 Å². The SMILES string of the molecule is CCc1cc(C(=O)NCc2cn(CC(=O)O)nn2)oc1CC. The maximum Gasteiger partial charge on any atom is 0.325 e. The van der Waals surface area contributed by atoms with Gasteiger partial charge in [-0.15, -0.1) is 5.10 Å². The van der Waals surface area contributed by atoms with Gasteiger partial charge in [-0.25, -0.2) is 4.68 Å². The third kappa shape index (κ3) is 3.72. The van der Waals surface area contributed by atoms with Crippen molar-refractivity contribution >= 4 is 11.9 Å². The van der Waals surface area contributed by atoms with Crippen LogP contribution in [0.15, 0.2) is 16.7 Å². The zero-order chi connectivity index (χ0) is 16.1. The lowest BCUT2D eigenvalue weighted by atomic mass is 10.1. The van der Waals surface area contributed by atoms with Crippen LogP contribution < -0.4 is 5.32 Å². The molecule has 0 atom stereocenters. The number of rotatable bonds is 7. The number of aliphatic carboxylic acids is 1. The molecule has 0 saturated carbocycles. The van der Waals surface area contributed by atoms with Gasteiger partial charge in [-0.1, -0.05) is 19.1 Å². The van der Waals surface area contributed by atoms with Crippen molar-refractivity contribution in [2.24, 2.45) is 0 Å². The number of amides is 1. The van der Waals surface area contributed by atoms with Gasteiger partial charge >= 0.3 is 5.97 Å².